The summed E-state index contributed by atoms with van der Waals surface area (Å²) in [6.07, 6.45) is -2.48. The van der Waals surface area contributed by atoms with Gasteiger partial charge in [0.05, 0.1) is 30.6 Å². The number of benzene rings is 3. The molecular formula is C29H32O6S. The molecule has 2 fully saturated rings. The van der Waals surface area contributed by atoms with Gasteiger partial charge in [0.1, 0.15) is 24.4 Å². The fraction of sp³-hybridized carbons (Fsp3) is 0.379. The maximum absolute atomic E-state index is 13.1. The Balaban J connectivity index is 1.43. The fourth-order valence-electron chi connectivity index (χ4n) is 4.60. The van der Waals surface area contributed by atoms with Crippen LogP contribution in [0.25, 0.3) is 0 Å². The molecule has 3 aromatic carbocycles. The summed E-state index contributed by atoms with van der Waals surface area (Å²) >= 11 is 0. The number of ether oxygens (including phenoxy) is 5. The minimum Gasteiger partial charge on any atom is -0.368 e. The highest BCUT2D eigenvalue weighted by molar-refractivity contribution is 7.85. The molecule has 0 spiro atoms. The first kappa shape index (κ1) is 25.3. The minimum atomic E-state index is -1.27. The molecule has 6 nitrogen and oxygen atoms in total. The third-order valence-corrected chi connectivity index (χ3v) is 7.94. The Kier molecular flexibility index (Phi) is 8.59. The van der Waals surface area contributed by atoms with Gasteiger partial charge in [-0.2, -0.15) is 0 Å². The molecule has 0 saturated carbocycles. The predicted molar refractivity (Wildman–Crippen MR) is 137 cm³/mol. The van der Waals surface area contributed by atoms with Gasteiger partial charge in [0.15, 0.2) is 11.7 Å². The van der Waals surface area contributed by atoms with E-state index in [1.807, 2.05) is 97.9 Å². The van der Waals surface area contributed by atoms with Gasteiger partial charge >= 0.3 is 0 Å². The SMILES string of the molecule is CC[S@](=O)[C@H]1O[C@@H]2CO[C@@H](c3ccccc3)O[C@H]2[C@H](OCc2ccccc2)[C@@H]1OCc1ccccc1. The number of fused-ring (bicyclic) bond motifs is 1. The van der Waals surface area contributed by atoms with Crippen molar-refractivity contribution in [3.05, 3.63) is 108 Å². The summed E-state index contributed by atoms with van der Waals surface area (Å²) in [6.45, 7) is 2.94. The third-order valence-electron chi connectivity index (χ3n) is 6.47. The molecule has 0 bridgehead atoms. The molecule has 3 aromatic rings. The first-order valence-corrected chi connectivity index (χ1v) is 13.8. The lowest BCUT2D eigenvalue weighted by molar-refractivity contribution is -0.330. The van der Waals surface area contributed by atoms with Gasteiger partial charge in [-0.25, -0.2) is 0 Å². The molecular weight excluding hydrogens is 476 g/mol. The van der Waals surface area contributed by atoms with E-state index in [9.17, 15) is 4.21 Å². The number of rotatable bonds is 9. The highest BCUT2D eigenvalue weighted by Crippen LogP contribution is 2.37. The van der Waals surface area contributed by atoms with Crippen molar-refractivity contribution in [2.24, 2.45) is 0 Å². The molecule has 0 aliphatic carbocycles. The number of hydrogen-bond acceptors (Lipinski definition) is 6. The first-order valence-electron chi connectivity index (χ1n) is 12.4. The van der Waals surface area contributed by atoms with Crippen LogP contribution in [0.1, 0.15) is 29.9 Å². The smallest absolute Gasteiger partial charge is 0.184 e. The quantitative estimate of drug-likeness (QED) is 0.415. The zero-order valence-electron chi connectivity index (χ0n) is 20.3. The summed E-state index contributed by atoms with van der Waals surface area (Å²) in [6, 6.07) is 29.8. The van der Waals surface area contributed by atoms with E-state index in [1.54, 1.807) is 0 Å². The lowest BCUT2D eigenvalue weighted by atomic mass is 9.98. The Morgan fingerprint density at radius 2 is 1.33 bits per heavy atom. The van der Waals surface area contributed by atoms with Crippen LogP contribution in [0.4, 0.5) is 0 Å². The van der Waals surface area contributed by atoms with E-state index in [-0.39, 0.29) is 0 Å². The van der Waals surface area contributed by atoms with E-state index >= 15 is 0 Å². The summed E-state index contributed by atoms with van der Waals surface area (Å²) in [7, 11) is -1.27. The molecule has 2 heterocycles. The van der Waals surface area contributed by atoms with E-state index in [2.05, 4.69) is 0 Å². The van der Waals surface area contributed by atoms with Crippen molar-refractivity contribution in [1.82, 2.24) is 0 Å². The summed E-state index contributed by atoms with van der Waals surface area (Å²) in [5.41, 5.74) is 2.35. The van der Waals surface area contributed by atoms with Crippen LogP contribution in [0.15, 0.2) is 91.0 Å². The predicted octanol–water partition coefficient (Wildman–Crippen LogP) is 4.76. The average molecular weight is 509 g/mol. The molecule has 7 atom stereocenters. The Hall–Kier alpha value is -2.39. The number of hydrogen-bond donors (Lipinski definition) is 0. The molecule has 190 valence electrons. The monoisotopic (exact) mass is 508 g/mol. The zero-order valence-corrected chi connectivity index (χ0v) is 21.1. The Labute approximate surface area is 214 Å². The van der Waals surface area contributed by atoms with Crippen LogP contribution in [0.2, 0.25) is 0 Å². The van der Waals surface area contributed by atoms with Gasteiger partial charge in [-0.1, -0.05) is 97.9 Å². The Morgan fingerprint density at radius 1 is 0.778 bits per heavy atom. The topological polar surface area (TPSA) is 63.2 Å². The highest BCUT2D eigenvalue weighted by Gasteiger charge is 2.52. The van der Waals surface area contributed by atoms with Crippen molar-refractivity contribution >= 4 is 10.8 Å². The average Bonchev–Trinajstić information content (AvgIpc) is 2.95. The molecule has 36 heavy (non-hydrogen) atoms. The van der Waals surface area contributed by atoms with Gasteiger partial charge in [-0.3, -0.25) is 4.21 Å². The van der Waals surface area contributed by atoms with Crippen LogP contribution < -0.4 is 0 Å². The zero-order chi connectivity index (χ0) is 24.7. The lowest BCUT2D eigenvalue weighted by Crippen LogP contribution is -2.64. The molecule has 0 aromatic heterocycles. The maximum Gasteiger partial charge on any atom is 0.184 e. The molecule has 0 radical (unpaired) electrons. The van der Waals surface area contributed by atoms with Crippen LogP contribution in [-0.4, -0.2) is 46.4 Å². The largest absolute Gasteiger partial charge is 0.368 e. The Bertz CT molecular complexity index is 1100. The van der Waals surface area contributed by atoms with Gasteiger partial charge in [0.25, 0.3) is 0 Å². The van der Waals surface area contributed by atoms with E-state index in [0.29, 0.717) is 25.6 Å². The fourth-order valence-corrected chi connectivity index (χ4v) is 5.73. The van der Waals surface area contributed by atoms with Crippen molar-refractivity contribution in [3.8, 4) is 0 Å². The van der Waals surface area contributed by atoms with Gasteiger partial charge in [-0.05, 0) is 11.1 Å². The Morgan fingerprint density at radius 3 is 1.92 bits per heavy atom. The molecule has 0 N–H and O–H groups in total. The van der Waals surface area contributed by atoms with Crippen LogP contribution in [0, 0.1) is 0 Å². The van der Waals surface area contributed by atoms with Crippen molar-refractivity contribution in [2.45, 2.75) is 56.3 Å². The third kappa shape index (κ3) is 5.94. The molecule has 7 heteroatoms. The molecule has 0 amide bonds. The van der Waals surface area contributed by atoms with Gasteiger partial charge < -0.3 is 23.7 Å². The molecule has 2 aliphatic heterocycles. The second-order valence-electron chi connectivity index (χ2n) is 8.91. The normalized spacial score (nSPS) is 28.8. The second-order valence-corrected chi connectivity index (χ2v) is 10.7. The summed E-state index contributed by atoms with van der Waals surface area (Å²) in [5, 5.41) is 0. The van der Waals surface area contributed by atoms with Gasteiger partial charge in [-0.15, -0.1) is 0 Å². The standard InChI is InChI=1S/C29H32O6S/c1-2-36(30)29-27(32-19-22-14-8-4-9-15-22)26(31-18-21-12-6-3-7-13-21)25-24(34-29)20-33-28(35-25)23-16-10-5-11-17-23/h3-17,24-29H,2,18-20H2,1H3/t24-,25-,26+,27+,28-,29-,36+/m1/s1. The molecule has 2 aliphatic rings. The molecule has 2 saturated heterocycles. The van der Waals surface area contributed by atoms with E-state index in [0.717, 1.165) is 16.7 Å². The molecule has 5 rings (SSSR count). The summed E-state index contributed by atoms with van der Waals surface area (Å²) in [5.74, 6) is 0.451. The minimum absolute atomic E-state index is 0.318. The van der Waals surface area contributed by atoms with E-state index < -0.39 is 46.9 Å². The van der Waals surface area contributed by atoms with Crippen LogP contribution in [0.5, 0.6) is 0 Å². The van der Waals surface area contributed by atoms with Crippen molar-refractivity contribution in [3.63, 3.8) is 0 Å². The summed E-state index contributed by atoms with van der Waals surface area (Å²) in [4.78, 5) is 0. The van der Waals surface area contributed by atoms with E-state index in [1.165, 1.54) is 0 Å². The summed E-state index contributed by atoms with van der Waals surface area (Å²) < 4.78 is 45.0. The van der Waals surface area contributed by atoms with Crippen LogP contribution >= 0.6 is 0 Å². The van der Waals surface area contributed by atoms with Crippen molar-refractivity contribution < 1.29 is 27.9 Å². The van der Waals surface area contributed by atoms with Crippen LogP contribution in [-0.2, 0) is 47.7 Å². The van der Waals surface area contributed by atoms with Crippen molar-refractivity contribution in [2.75, 3.05) is 12.4 Å². The highest BCUT2D eigenvalue weighted by atomic mass is 32.2. The van der Waals surface area contributed by atoms with Crippen molar-refractivity contribution in [1.29, 1.82) is 0 Å². The van der Waals surface area contributed by atoms with Gasteiger partial charge in [0, 0.05) is 11.3 Å². The van der Waals surface area contributed by atoms with E-state index in [4.69, 9.17) is 23.7 Å². The molecule has 0 unspecified atom stereocenters. The first-order chi connectivity index (χ1) is 17.7. The lowest BCUT2D eigenvalue weighted by Gasteiger charge is -2.49. The maximum atomic E-state index is 13.1. The van der Waals surface area contributed by atoms with Gasteiger partial charge in [0.2, 0.25) is 0 Å². The van der Waals surface area contributed by atoms with Crippen LogP contribution in [0.3, 0.4) is 0 Å². The second kappa shape index (κ2) is 12.2.